The molecule has 0 saturated carbocycles. The van der Waals surface area contributed by atoms with Crippen LogP contribution in [0.3, 0.4) is 0 Å². The van der Waals surface area contributed by atoms with Crippen molar-refractivity contribution in [2.45, 2.75) is 58.8 Å². The SMILES string of the molecule is C/C=C(\C=C/CCn1c(=O)[nH]c2c(N)nc(OCCCC)nc21)CN1CCC(C(O)O)CC1. The number of likely N-dealkylation sites (tertiary alicyclic amines) is 1. The number of nitrogens with two attached hydrogens (primary N) is 1. The number of imidazole rings is 1. The maximum atomic E-state index is 12.4. The average Bonchev–Trinajstić information content (AvgIpc) is 3.12. The van der Waals surface area contributed by atoms with E-state index in [1.165, 1.54) is 5.57 Å². The molecule has 0 radical (unpaired) electrons. The van der Waals surface area contributed by atoms with Crippen LogP contribution in [-0.4, -0.2) is 67.2 Å². The van der Waals surface area contributed by atoms with E-state index in [1.807, 2.05) is 13.0 Å². The van der Waals surface area contributed by atoms with Crippen LogP contribution in [0.1, 0.15) is 46.0 Å². The van der Waals surface area contributed by atoms with Gasteiger partial charge >= 0.3 is 11.7 Å². The molecular formula is C23H36N6O4. The second kappa shape index (κ2) is 12.0. The number of nitrogen functional groups attached to an aromatic ring is 1. The minimum Gasteiger partial charge on any atom is -0.463 e. The van der Waals surface area contributed by atoms with E-state index in [9.17, 15) is 15.0 Å². The molecule has 182 valence electrons. The lowest BCUT2D eigenvalue weighted by Gasteiger charge is -2.32. The van der Waals surface area contributed by atoms with Crippen molar-refractivity contribution in [1.29, 1.82) is 0 Å². The fourth-order valence-corrected chi connectivity index (χ4v) is 3.96. The van der Waals surface area contributed by atoms with E-state index in [0.29, 0.717) is 30.7 Å². The third-order valence-corrected chi connectivity index (χ3v) is 6.04. The van der Waals surface area contributed by atoms with Gasteiger partial charge in [-0.2, -0.15) is 9.97 Å². The molecule has 33 heavy (non-hydrogen) atoms. The summed E-state index contributed by atoms with van der Waals surface area (Å²) in [6, 6.07) is 0.186. The van der Waals surface area contributed by atoms with Gasteiger partial charge in [-0.05, 0) is 51.3 Å². The zero-order chi connectivity index (χ0) is 23.8. The highest BCUT2D eigenvalue weighted by Gasteiger charge is 2.23. The lowest BCUT2D eigenvalue weighted by Crippen LogP contribution is -2.38. The summed E-state index contributed by atoms with van der Waals surface area (Å²) in [5, 5.41) is 18.7. The maximum Gasteiger partial charge on any atom is 0.327 e. The molecule has 0 atom stereocenters. The number of ether oxygens (including phenoxy) is 1. The van der Waals surface area contributed by atoms with Gasteiger partial charge in [0.25, 0.3) is 0 Å². The van der Waals surface area contributed by atoms with Crippen LogP contribution in [0.4, 0.5) is 5.82 Å². The lowest BCUT2D eigenvalue weighted by atomic mass is 9.96. The van der Waals surface area contributed by atoms with E-state index < -0.39 is 6.29 Å². The van der Waals surface area contributed by atoms with Crippen molar-refractivity contribution in [3.05, 3.63) is 34.3 Å². The fraction of sp³-hybridized carbons (Fsp3) is 0.609. The Balaban J connectivity index is 1.59. The van der Waals surface area contributed by atoms with Crippen molar-refractivity contribution < 1.29 is 14.9 Å². The van der Waals surface area contributed by atoms with E-state index >= 15 is 0 Å². The Morgan fingerprint density at radius 3 is 2.76 bits per heavy atom. The zero-order valence-corrected chi connectivity index (χ0v) is 19.5. The smallest absolute Gasteiger partial charge is 0.327 e. The van der Waals surface area contributed by atoms with Gasteiger partial charge in [0.15, 0.2) is 17.8 Å². The van der Waals surface area contributed by atoms with Crippen LogP contribution in [-0.2, 0) is 6.54 Å². The summed E-state index contributed by atoms with van der Waals surface area (Å²) in [7, 11) is 0. The zero-order valence-electron chi connectivity index (χ0n) is 19.5. The van der Waals surface area contributed by atoms with E-state index in [-0.39, 0.29) is 23.4 Å². The lowest BCUT2D eigenvalue weighted by molar-refractivity contribution is -0.0976. The third-order valence-electron chi connectivity index (χ3n) is 6.04. The van der Waals surface area contributed by atoms with Crippen molar-refractivity contribution in [2.75, 3.05) is 32.0 Å². The van der Waals surface area contributed by atoms with Crippen LogP contribution in [0.25, 0.3) is 11.2 Å². The number of allylic oxidation sites excluding steroid dienone is 2. The molecule has 2 aromatic heterocycles. The minimum absolute atomic E-state index is 0.0317. The molecule has 0 unspecified atom stereocenters. The summed E-state index contributed by atoms with van der Waals surface area (Å²) >= 11 is 0. The number of nitrogens with zero attached hydrogens (tertiary/aromatic N) is 4. The van der Waals surface area contributed by atoms with E-state index in [1.54, 1.807) is 4.57 Å². The predicted octanol–water partition coefficient (Wildman–Crippen LogP) is 1.80. The van der Waals surface area contributed by atoms with Gasteiger partial charge in [0.1, 0.15) is 5.52 Å². The molecular weight excluding hydrogens is 424 g/mol. The van der Waals surface area contributed by atoms with Gasteiger partial charge in [-0.1, -0.05) is 31.6 Å². The number of nitrogens with one attached hydrogen (secondary N) is 1. The molecule has 1 aliphatic rings. The Bertz CT molecular complexity index is 1020. The summed E-state index contributed by atoms with van der Waals surface area (Å²) < 4.78 is 7.14. The monoisotopic (exact) mass is 460 g/mol. The van der Waals surface area contributed by atoms with Crippen LogP contribution < -0.4 is 16.2 Å². The van der Waals surface area contributed by atoms with Gasteiger partial charge in [-0.15, -0.1) is 0 Å². The first-order chi connectivity index (χ1) is 15.9. The number of hydrogen-bond donors (Lipinski definition) is 4. The van der Waals surface area contributed by atoms with Crippen LogP contribution >= 0.6 is 0 Å². The second-order valence-corrected chi connectivity index (χ2v) is 8.46. The molecule has 0 aromatic carbocycles. The van der Waals surface area contributed by atoms with Gasteiger partial charge in [-0.25, -0.2) is 4.79 Å². The van der Waals surface area contributed by atoms with Gasteiger partial charge in [0.05, 0.1) is 6.61 Å². The number of aromatic nitrogens is 4. The Kier molecular flexibility index (Phi) is 9.04. The van der Waals surface area contributed by atoms with Gasteiger partial charge in [0, 0.05) is 19.0 Å². The number of aryl methyl sites for hydroxylation is 1. The molecule has 1 saturated heterocycles. The number of H-pyrrole nitrogens is 1. The number of aliphatic hydroxyl groups is 2. The average molecular weight is 461 g/mol. The number of rotatable bonds is 11. The number of unbranched alkanes of at least 4 members (excludes halogenated alkanes) is 1. The van der Waals surface area contributed by atoms with Crippen molar-refractivity contribution in [1.82, 2.24) is 24.4 Å². The largest absolute Gasteiger partial charge is 0.463 e. The van der Waals surface area contributed by atoms with E-state index in [0.717, 1.165) is 45.3 Å². The van der Waals surface area contributed by atoms with Crippen molar-refractivity contribution in [3.63, 3.8) is 0 Å². The maximum absolute atomic E-state index is 12.4. The molecule has 1 aliphatic heterocycles. The number of anilines is 1. The van der Waals surface area contributed by atoms with Crippen molar-refractivity contribution in [2.24, 2.45) is 5.92 Å². The quantitative estimate of drug-likeness (QED) is 0.226. The van der Waals surface area contributed by atoms with Gasteiger partial charge in [0.2, 0.25) is 0 Å². The number of aromatic amines is 1. The van der Waals surface area contributed by atoms with Gasteiger partial charge in [-0.3, -0.25) is 9.47 Å². The second-order valence-electron chi connectivity index (χ2n) is 8.46. The molecule has 3 rings (SSSR count). The van der Waals surface area contributed by atoms with Crippen LogP contribution in [0.5, 0.6) is 6.01 Å². The Hall–Kier alpha value is -2.69. The highest BCUT2D eigenvalue weighted by Crippen LogP contribution is 2.21. The number of fused-ring (bicyclic) bond motifs is 1. The first-order valence-corrected chi connectivity index (χ1v) is 11.7. The van der Waals surface area contributed by atoms with Crippen LogP contribution in [0, 0.1) is 5.92 Å². The summed E-state index contributed by atoms with van der Waals surface area (Å²) in [6.45, 7) is 7.55. The van der Waals surface area contributed by atoms with Crippen molar-refractivity contribution >= 4 is 17.0 Å². The third kappa shape index (κ3) is 6.66. The Labute approximate surface area is 193 Å². The topological polar surface area (TPSA) is 143 Å². The first kappa shape index (κ1) is 24.9. The van der Waals surface area contributed by atoms with Gasteiger partial charge < -0.3 is 25.7 Å². The highest BCUT2D eigenvalue weighted by atomic mass is 16.5. The normalized spacial score (nSPS) is 16.5. The summed E-state index contributed by atoms with van der Waals surface area (Å²) in [5.74, 6) is 0.169. The number of hydrogen-bond acceptors (Lipinski definition) is 8. The Morgan fingerprint density at radius 2 is 2.09 bits per heavy atom. The predicted molar refractivity (Wildman–Crippen MR) is 128 cm³/mol. The fourth-order valence-electron chi connectivity index (χ4n) is 3.96. The van der Waals surface area contributed by atoms with Crippen LogP contribution in [0.15, 0.2) is 28.6 Å². The number of piperidine rings is 1. The molecule has 0 bridgehead atoms. The molecule has 5 N–H and O–H groups in total. The van der Waals surface area contributed by atoms with Crippen LogP contribution in [0.2, 0.25) is 0 Å². The Morgan fingerprint density at radius 1 is 1.33 bits per heavy atom. The molecule has 10 heteroatoms. The molecule has 0 aliphatic carbocycles. The summed E-state index contributed by atoms with van der Waals surface area (Å²) in [6.07, 6.45) is 9.10. The number of aliphatic hydroxyl groups excluding tert-OH is 1. The van der Waals surface area contributed by atoms with Crippen molar-refractivity contribution in [3.8, 4) is 6.01 Å². The molecule has 2 aromatic rings. The summed E-state index contributed by atoms with van der Waals surface area (Å²) in [5.41, 5.74) is 7.79. The molecule has 1 fully saturated rings. The minimum atomic E-state index is -1.22. The van der Waals surface area contributed by atoms with E-state index in [4.69, 9.17) is 10.5 Å². The van der Waals surface area contributed by atoms with E-state index in [2.05, 4.69) is 38.9 Å². The molecule has 0 spiro atoms. The standard InChI is InChI=1S/C23H36N6O4/c1-3-5-14-33-22-26-19(24)18-20(27-22)29(23(32)25-18)11-7-6-8-16(4-2)15-28-12-9-17(10-13-28)21(30)31/h4,6,8,17,21,30-31H,3,5,7,9-15H2,1-2H3,(H,25,32)(H2,24,26,27)/b8-6-,16-4+. The molecule has 3 heterocycles. The molecule has 0 amide bonds. The summed E-state index contributed by atoms with van der Waals surface area (Å²) in [4.78, 5) is 26.0. The first-order valence-electron chi connectivity index (χ1n) is 11.7. The highest BCUT2D eigenvalue weighted by molar-refractivity contribution is 5.81. The molecule has 10 nitrogen and oxygen atoms in total.